The number of hydrogen-bond donors (Lipinski definition) is 2. The molecule has 2 aromatic carbocycles. The first-order valence-corrected chi connectivity index (χ1v) is 10.8. The SMILES string of the molecule is CC(C)(C)c1cc2c(c([C@@H]3CCCN3)c1)CN(C(=O)[C@H](O)c1ccccc1)CC2. The summed E-state index contributed by atoms with van der Waals surface area (Å²) in [6, 6.07) is 14.3. The molecule has 2 atom stereocenters. The zero-order chi connectivity index (χ0) is 20.6. The number of aliphatic hydroxyl groups excluding tert-OH is 1. The summed E-state index contributed by atoms with van der Waals surface area (Å²) in [5.41, 5.74) is 6.10. The summed E-state index contributed by atoms with van der Waals surface area (Å²) >= 11 is 0. The number of nitrogens with one attached hydrogen (secondary N) is 1. The van der Waals surface area contributed by atoms with Crippen molar-refractivity contribution in [1.82, 2.24) is 10.2 Å². The van der Waals surface area contributed by atoms with E-state index in [1.807, 2.05) is 35.2 Å². The maximum Gasteiger partial charge on any atom is 0.256 e. The normalized spacial score (nSPS) is 20.4. The molecule has 0 saturated carbocycles. The van der Waals surface area contributed by atoms with Crippen LogP contribution < -0.4 is 5.32 Å². The molecule has 4 nitrogen and oxygen atoms in total. The molecule has 0 unspecified atom stereocenters. The van der Waals surface area contributed by atoms with Crippen LogP contribution in [0.1, 0.15) is 73.6 Å². The van der Waals surface area contributed by atoms with Crippen LogP contribution in [0, 0.1) is 0 Å². The first-order chi connectivity index (χ1) is 13.8. The highest BCUT2D eigenvalue weighted by molar-refractivity contribution is 5.82. The number of carbonyl (C=O) groups is 1. The molecule has 2 N–H and O–H groups in total. The second-order valence-electron chi connectivity index (χ2n) is 9.43. The molecule has 0 aliphatic carbocycles. The van der Waals surface area contributed by atoms with Gasteiger partial charge in [0, 0.05) is 19.1 Å². The van der Waals surface area contributed by atoms with Crippen LogP contribution in [-0.4, -0.2) is 29.0 Å². The van der Waals surface area contributed by atoms with Crippen molar-refractivity contribution < 1.29 is 9.90 Å². The van der Waals surface area contributed by atoms with Crippen molar-refractivity contribution in [3.05, 3.63) is 70.3 Å². The number of rotatable bonds is 3. The third-order valence-corrected chi connectivity index (χ3v) is 6.34. The molecule has 0 aromatic heterocycles. The second-order valence-corrected chi connectivity index (χ2v) is 9.43. The van der Waals surface area contributed by atoms with Gasteiger partial charge in [0.25, 0.3) is 5.91 Å². The first-order valence-electron chi connectivity index (χ1n) is 10.8. The molecule has 4 rings (SSSR count). The summed E-state index contributed by atoms with van der Waals surface area (Å²) in [6.07, 6.45) is 2.07. The lowest BCUT2D eigenvalue weighted by molar-refractivity contribution is -0.141. The molecule has 2 aromatic rings. The molecule has 0 spiro atoms. The Hall–Kier alpha value is -2.17. The Kier molecular flexibility index (Phi) is 5.50. The lowest BCUT2D eigenvalue weighted by atomic mass is 9.80. The average molecular weight is 393 g/mol. The maximum absolute atomic E-state index is 13.0. The van der Waals surface area contributed by atoms with E-state index in [4.69, 9.17) is 0 Å². The van der Waals surface area contributed by atoms with Crippen LogP contribution in [0.25, 0.3) is 0 Å². The molecule has 4 heteroatoms. The smallest absolute Gasteiger partial charge is 0.256 e. The Bertz CT molecular complexity index is 880. The number of benzene rings is 2. The highest BCUT2D eigenvalue weighted by Gasteiger charge is 2.31. The van der Waals surface area contributed by atoms with Gasteiger partial charge in [-0.25, -0.2) is 0 Å². The van der Waals surface area contributed by atoms with Crippen LogP contribution in [0.3, 0.4) is 0 Å². The van der Waals surface area contributed by atoms with Crippen molar-refractivity contribution in [2.75, 3.05) is 13.1 Å². The van der Waals surface area contributed by atoms with Gasteiger partial charge in [-0.1, -0.05) is 63.2 Å². The fraction of sp³-hybridized carbons (Fsp3) is 0.480. The fourth-order valence-corrected chi connectivity index (χ4v) is 4.53. The third-order valence-electron chi connectivity index (χ3n) is 6.34. The molecular formula is C25H32N2O2. The number of hydrogen-bond acceptors (Lipinski definition) is 3. The van der Waals surface area contributed by atoms with Crippen LogP contribution in [0.2, 0.25) is 0 Å². The van der Waals surface area contributed by atoms with Crippen LogP contribution >= 0.6 is 0 Å². The molecule has 0 radical (unpaired) electrons. The molecule has 1 fully saturated rings. The van der Waals surface area contributed by atoms with Crippen LogP contribution in [-0.2, 0) is 23.2 Å². The van der Waals surface area contributed by atoms with Gasteiger partial charge >= 0.3 is 0 Å². The molecule has 2 aliphatic heterocycles. The van der Waals surface area contributed by atoms with Gasteiger partial charge < -0.3 is 15.3 Å². The lowest BCUT2D eigenvalue weighted by Gasteiger charge is -2.34. The second kappa shape index (κ2) is 7.92. The molecule has 2 aliphatic rings. The molecular weight excluding hydrogens is 360 g/mol. The number of carbonyl (C=O) groups excluding carboxylic acids is 1. The van der Waals surface area contributed by atoms with Crippen molar-refractivity contribution in [1.29, 1.82) is 0 Å². The van der Waals surface area contributed by atoms with E-state index in [2.05, 4.69) is 38.2 Å². The Balaban J connectivity index is 1.65. The van der Waals surface area contributed by atoms with E-state index in [1.54, 1.807) is 0 Å². The predicted molar refractivity (Wildman–Crippen MR) is 116 cm³/mol. The van der Waals surface area contributed by atoms with Gasteiger partial charge in [-0.05, 0) is 59.0 Å². The van der Waals surface area contributed by atoms with Crippen molar-refractivity contribution >= 4 is 5.91 Å². The van der Waals surface area contributed by atoms with E-state index in [0.29, 0.717) is 24.7 Å². The zero-order valence-corrected chi connectivity index (χ0v) is 17.7. The van der Waals surface area contributed by atoms with Crippen molar-refractivity contribution in [2.45, 2.75) is 64.1 Å². The van der Waals surface area contributed by atoms with E-state index < -0.39 is 6.10 Å². The van der Waals surface area contributed by atoms with Gasteiger partial charge in [-0.2, -0.15) is 0 Å². The number of nitrogens with zero attached hydrogens (tertiary/aromatic N) is 1. The molecule has 0 bridgehead atoms. The summed E-state index contributed by atoms with van der Waals surface area (Å²) < 4.78 is 0. The predicted octanol–water partition coefficient (Wildman–Crippen LogP) is 4.03. The number of aliphatic hydroxyl groups is 1. The van der Waals surface area contributed by atoms with Crippen molar-refractivity contribution in [3.8, 4) is 0 Å². The molecule has 2 heterocycles. The lowest BCUT2D eigenvalue weighted by Crippen LogP contribution is -2.40. The average Bonchev–Trinajstić information content (AvgIpc) is 3.26. The summed E-state index contributed by atoms with van der Waals surface area (Å²) in [6.45, 7) is 9.06. The summed E-state index contributed by atoms with van der Waals surface area (Å²) in [5, 5.41) is 14.3. The monoisotopic (exact) mass is 392 g/mol. The van der Waals surface area contributed by atoms with E-state index in [9.17, 15) is 9.90 Å². The summed E-state index contributed by atoms with van der Waals surface area (Å²) in [7, 11) is 0. The zero-order valence-electron chi connectivity index (χ0n) is 17.7. The maximum atomic E-state index is 13.0. The minimum Gasteiger partial charge on any atom is -0.378 e. The molecule has 1 amide bonds. The Labute approximate surface area is 173 Å². The van der Waals surface area contributed by atoms with Gasteiger partial charge in [0.2, 0.25) is 0 Å². The fourth-order valence-electron chi connectivity index (χ4n) is 4.53. The number of fused-ring (bicyclic) bond motifs is 1. The quantitative estimate of drug-likeness (QED) is 0.829. The van der Waals surface area contributed by atoms with E-state index in [0.717, 1.165) is 19.4 Å². The van der Waals surface area contributed by atoms with Gasteiger partial charge in [0.05, 0.1) is 0 Å². The number of amides is 1. The standard InChI is InChI=1S/C25H32N2O2/c1-25(2,3)19-14-18-11-13-27(24(29)23(28)17-8-5-4-6-9-17)16-21(18)20(15-19)22-10-7-12-26-22/h4-6,8-9,14-15,22-23,26,28H,7,10-13,16H2,1-3H3/t22-,23+/m0/s1. The van der Waals surface area contributed by atoms with Crippen molar-refractivity contribution in [3.63, 3.8) is 0 Å². The van der Waals surface area contributed by atoms with E-state index >= 15 is 0 Å². The third kappa shape index (κ3) is 4.10. The molecule has 29 heavy (non-hydrogen) atoms. The van der Waals surface area contributed by atoms with Gasteiger partial charge in [0.15, 0.2) is 6.10 Å². The summed E-state index contributed by atoms with van der Waals surface area (Å²) in [5.74, 6) is -0.202. The Morgan fingerprint density at radius 2 is 1.97 bits per heavy atom. The first kappa shape index (κ1) is 20.1. The largest absolute Gasteiger partial charge is 0.378 e. The minimum atomic E-state index is -1.10. The minimum absolute atomic E-state index is 0.0961. The molecule has 154 valence electrons. The topological polar surface area (TPSA) is 52.6 Å². The summed E-state index contributed by atoms with van der Waals surface area (Å²) in [4.78, 5) is 14.9. The Morgan fingerprint density at radius 3 is 2.62 bits per heavy atom. The van der Waals surface area contributed by atoms with Crippen molar-refractivity contribution in [2.24, 2.45) is 0 Å². The van der Waals surface area contributed by atoms with Gasteiger partial charge in [-0.15, -0.1) is 0 Å². The Morgan fingerprint density at radius 1 is 1.21 bits per heavy atom. The highest BCUT2D eigenvalue weighted by Crippen LogP contribution is 2.36. The van der Waals surface area contributed by atoms with E-state index in [-0.39, 0.29) is 11.3 Å². The highest BCUT2D eigenvalue weighted by atomic mass is 16.3. The van der Waals surface area contributed by atoms with Crippen LogP contribution in [0.4, 0.5) is 0 Å². The van der Waals surface area contributed by atoms with Gasteiger partial charge in [-0.3, -0.25) is 4.79 Å². The van der Waals surface area contributed by atoms with Crippen LogP contribution in [0.5, 0.6) is 0 Å². The molecule has 1 saturated heterocycles. The van der Waals surface area contributed by atoms with Gasteiger partial charge in [0.1, 0.15) is 0 Å². The van der Waals surface area contributed by atoms with Crippen LogP contribution in [0.15, 0.2) is 42.5 Å². The van der Waals surface area contributed by atoms with E-state index in [1.165, 1.54) is 28.7 Å².